The second-order valence-corrected chi connectivity index (χ2v) is 8.65. The van der Waals surface area contributed by atoms with Gasteiger partial charge in [0.2, 0.25) is 0 Å². The van der Waals surface area contributed by atoms with Gasteiger partial charge < -0.3 is 10.2 Å². The van der Waals surface area contributed by atoms with Crippen molar-refractivity contribution in [3.8, 4) is 0 Å². The lowest BCUT2D eigenvalue weighted by Crippen LogP contribution is -2.36. The van der Waals surface area contributed by atoms with E-state index in [0.717, 1.165) is 13.0 Å². The van der Waals surface area contributed by atoms with Gasteiger partial charge in [-0.05, 0) is 25.6 Å². The smallest absolute Gasteiger partial charge is 0.186 e. The van der Waals surface area contributed by atoms with Crippen molar-refractivity contribution in [3.63, 3.8) is 0 Å². The highest BCUT2D eigenvalue weighted by Crippen LogP contribution is 2.15. The van der Waals surface area contributed by atoms with Crippen LogP contribution in [0, 0.1) is 0 Å². The van der Waals surface area contributed by atoms with Gasteiger partial charge in [0.05, 0.1) is 0 Å². The van der Waals surface area contributed by atoms with Gasteiger partial charge in [0.25, 0.3) is 0 Å². The number of hydrogen-bond acceptors (Lipinski definition) is 2. The third kappa shape index (κ3) is 7.23. The molecule has 0 amide bonds. The second kappa shape index (κ2) is 6.57. The highest BCUT2D eigenvalue weighted by atomic mass is 28.4. The Kier molecular flexibility index (Phi) is 6.64. The molecule has 0 bridgehead atoms. The molecule has 0 fully saturated rings. The average Bonchev–Trinajstić information content (AvgIpc) is 2.11. The van der Waals surface area contributed by atoms with Crippen LogP contribution in [0.1, 0.15) is 33.1 Å². The van der Waals surface area contributed by atoms with Crippen molar-refractivity contribution in [2.75, 3.05) is 6.61 Å². The Morgan fingerprint density at radius 3 is 2.38 bits per heavy atom. The molecule has 80 valence electrons. The Labute approximate surface area is 84.0 Å². The van der Waals surface area contributed by atoms with Crippen molar-refractivity contribution < 1.29 is 4.43 Å². The molecule has 0 aromatic rings. The molecule has 13 heavy (non-hydrogen) atoms. The molecule has 0 saturated carbocycles. The zero-order valence-corrected chi connectivity index (χ0v) is 10.6. The molecule has 1 atom stereocenters. The monoisotopic (exact) mass is 203 g/mol. The Balaban J connectivity index is 3.61. The molecule has 0 saturated heterocycles. The average molecular weight is 203 g/mol. The van der Waals surface area contributed by atoms with Crippen LogP contribution in [0.2, 0.25) is 19.1 Å². The molecule has 2 nitrogen and oxygen atoms in total. The molecule has 0 radical (unpaired) electrons. The van der Waals surface area contributed by atoms with Gasteiger partial charge in [0.1, 0.15) is 0 Å². The first-order valence-corrected chi connectivity index (χ1v) is 8.53. The van der Waals surface area contributed by atoms with E-state index >= 15 is 0 Å². The summed E-state index contributed by atoms with van der Waals surface area (Å²) in [6.45, 7) is 9.65. The summed E-state index contributed by atoms with van der Waals surface area (Å²) >= 11 is 0. The Morgan fingerprint density at radius 1 is 1.31 bits per heavy atom. The molecule has 0 rings (SSSR count). The second-order valence-electron chi connectivity index (χ2n) is 4.34. The fourth-order valence-electron chi connectivity index (χ4n) is 1.13. The van der Waals surface area contributed by atoms with Crippen molar-refractivity contribution in [3.05, 3.63) is 0 Å². The first-order chi connectivity index (χ1) is 6.02. The maximum absolute atomic E-state index is 5.90. The predicted molar refractivity (Wildman–Crippen MR) is 61.4 cm³/mol. The zero-order valence-electron chi connectivity index (χ0n) is 9.60. The molecule has 0 aromatic carbocycles. The summed E-state index contributed by atoms with van der Waals surface area (Å²) in [5.41, 5.74) is 5.81. The fourth-order valence-corrected chi connectivity index (χ4v) is 3.14. The highest BCUT2D eigenvalue weighted by Gasteiger charge is 2.21. The first-order valence-electron chi connectivity index (χ1n) is 5.41. The Morgan fingerprint density at radius 2 is 1.92 bits per heavy atom. The summed E-state index contributed by atoms with van der Waals surface area (Å²) in [6.07, 6.45) is 3.57. The fraction of sp³-hybridized carbons (Fsp3) is 1.00. The SMILES string of the molecule is CCCC[Si](C)(C)OCC(N)CC. The molecule has 3 heteroatoms. The molecule has 0 aliphatic carbocycles. The number of unbranched alkanes of at least 4 members (excludes halogenated alkanes) is 1. The maximum atomic E-state index is 5.90. The standard InChI is InChI=1S/C10H25NOSi/c1-5-7-8-13(3,4)12-9-10(11)6-2/h10H,5-9,11H2,1-4H3. The minimum atomic E-state index is -1.38. The van der Waals surface area contributed by atoms with Gasteiger partial charge in [-0.3, -0.25) is 0 Å². The minimum Gasteiger partial charge on any atom is -0.416 e. The van der Waals surface area contributed by atoms with E-state index in [2.05, 4.69) is 26.9 Å². The van der Waals surface area contributed by atoms with Crippen molar-refractivity contribution in [2.24, 2.45) is 5.73 Å². The van der Waals surface area contributed by atoms with E-state index in [4.69, 9.17) is 10.2 Å². The van der Waals surface area contributed by atoms with Crippen LogP contribution in [0.15, 0.2) is 0 Å². The van der Waals surface area contributed by atoms with E-state index in [9.17, 15) is 0 Å². The summed E-state index contributed by atoms with van der Waals surface area (Å²) in [5, 5.41) is 0. The van der Waals surface area contributed by atoms with Crippen LogP contribution < -0.4 is 5.73 Å². The summed E-state index contributed by atoms with van der Waals surface area (Å²) < 4.78 is 5.90. The van der Waals surface area contributed by atoms with E-state index in [1.807, 2.05) is 0 Å². The van der Waals surface area contributed by atoms with E-state index in [1.54, 1.807) is 0 Å². The number of nitrogens with two attached hydrogens (primary N) is 1. The van der Waals surface area contributed by atoms with Gasteiger partial charge in [0, 0.05) is 12.6 Å². The third-order valence-corrected chi connectivity index (χ3v) is 4.85. The summed E-state index contributed by atoms with van der Waals surface area (Å²) in [7, 11) is -1.38. The van der Waals surface area contributed by atoms with Gasteiger partial charge in [-0.15, -0.1) is 0 Å². The molecule has 0 aromatic heterocycles. The van der Waals surface area contributed by atoms with Crippen LogP contribution in [0.4, 0.5) is 0 Å². The Bertz CT molecular complexity index is 128. The van der Waals surface area contributed by atoms with Crippen molar-refractivity contribution in [2.45, 2.75) is 58.3 Å². The van der Waals surface area contributed by atoms with Crippen LogP contribution >= 0.6 is 0 Å². The molecule has 0 aliphatic heterocycles. The quantitative estimate of drug-likeness (QED) is 0.646. The molecule has 1 unspecified atom stereocenters. The summed E-state index contributed by atoms with van der Waals surface area (Å²) in [6, 6.07) is 1.49. The van der Waals surface area contributed by atoms with Gasteiger partial charge in [0.15, 0.2) is 8.32 Å². The van der Waals surface area contributed by atoms with Crippen molar-refractivity contribution in [1.82, 2.24) is 0 Å². The number of rotatable bonds is 7. The van der Waals surface area contributed by atoms with Gasteiger partial charge in [-0.25, -0.2) is 0 Å². The summed E-state index contributed by atoms with van der Waals surface area (Å²) in [4.78, 5) is 0. The minimum absolute atomic E-state index is 0.230. The lowest BCUT2D eigenvalue weighted by atomic mass is 10.3. The highest BCUT2D eigenvalue weighted by molar-refractivity contribution is 6.71. The largest absolute Gasteiger partial charge is 0.416 e. The third-order valence-electron chi connectivity index (χ3n) is 2.34. The normalized spacial score (nSPS) is 14.5. The van der Waals surface area contributed by atoms with Crippen LogP contribution in [-0.2, 0) is 4.43 Å². The molecule has 2 N–H and O–H groups in total. The first kappa shape index (κ1) is 13.1. The zero-order chi connectivity index (χ0) is 10.3. The summed E-state index contributed by atoms with van der Waals surface area (Å²) in [5.74, 6) is 0. The topological polar surface area (TPSA) is 35.2 Å². The molecule has 0 aliphatic rings. The Hall–Kier alpha value is 0.137. The van der Waals surface area contributed by atoms with E-state index in [0.29, 0.717) is 0 Å². The van der Waals surface area contributed by atoms with Crippen LogP contribution in [0.5, 0.6) is 0 Å². The van der Waals surface area contributed by atoms with E-state index in [1.165, 1.54) is 18.9 Å². The molecular weight excluding hydrogens is 178 g/mol. The molecule has 0 spiro atoms. The molecular formula is C10H25NOSi. The van der Waals surface area contributed by atoms with E-state index < -0.39 is 8.32 Å². The predicted octanol–water partition coefficient (Wildman–Crippen LogP) is 2.75. The number of hydrogen-bond donors (Lipinski definition) is 1. The molecule has 0 heterocycles. The lowest BCUT2D eigenvalue weighted by Gasteiger charge is -2.24. The van der Waals surface area contributed by atoms with Crippen LogP contribution in [-0.4, -0.2) is 21.0 Å². The van der Waals surface area contributed by atoms with Gasteiger partial charge >= 0.3 is 0 Å². The van der Waals surface area contributed by atoms with E-state index in [-0.39, 0.29) is 6.04 Å². The van der Waals surface area contributed by atoms with Crippen molar-refractivity contribution in [1.29, 1.82) is 0 Å². The maximum Gasteiger partial charge on any atom is 0.186 e. The van der Waals surface area contributed by atoms with Crippen molar-refractivity contribution >= 4 is 8.32 Å². The van der Waals surface area contributed by atoms with Crippen LogP contribution in [0.3, 0.4) is 0 Å². The lowest BCUT2D eigenvalue weighted by molar-refractivity contribution is 0.274. The van der Waals surface area contributed by atoms with Gasteiger partial charge in [-0.1, -0.05) is 26.7 Å². The van der Waals surface area contributed by atoms with Gasteiger partial charge in [-0.2, -0.15) is 0 Å². The van der Waals surface area contributed by atoms with Crippen LogP contribution in [0.25, 0.3) is 0 Å².